The van der Waals surface area contributed by atoms with Crippen molar-refractivity contribution in [2.75, 3.05) is 6.61 Å². The molecule has 0 atom stereocenters. The number of hydrogen-bond donors (Lipinski definition) is 0. The average molecular weight is 401 g/mol. The molecule has 0 N–H and O–H groups in total. The van der Waals surface area contributed by atoms with Crippen LogP contribution in [0.2, 0.25) is 5.02 Å². The third kappa shape index (κ3) is 4.54. The van der Waals surface area contributed by atoms with Crippen LogP contribution in [0.25, 0.3) is 0 Å². The summed E-state index contributed by atoms with van der Waals surface area (Å²) < 4.78 is 7.14. The van der Waals surface area contributed by atoms with Gasteiger partial charge in [-0.05, 0) is 63.6 Å². The minimum atomic E-state index is -0.196. The van der Waals surface area contributed by atoms with Crippen molar-refractivity contribution >= 4 is 29.3 Å². The molecule has 1 aromatic heterocycles. The molecule has 0 aliphatic rings. The Morgan fingerprint density at radius 2 is 1.81 bits per heavy atom. The van der Waals surface area contributed by atoms with Crippen LogP contribution in [0, 0.1) is 27.7 Å². The fourth-order valence-corrected chi connectivity index (χ4v) is 3.86. The Bertz CT molecular complexity index is 981. The second kappa shape index (κ2) is 8.19. The van der Waals surface area contributed by atoms with E-state index < -0.39 is 0 Å². The van der Waals surface area contributed by atoms with Crippen molar-refractivity contribution in [2.24, 2.45) is 0 Å². The molecular weight excluding hydrogens is 380 g/mol. The van der Waals surface area contributed by atoms with Gasteiger partial charge in [-0.3, -0.25) is 4.79 Å². The first kappa shape index (κ1) is 19.5. The molecule has 2 aromatic carbocycles. The highest BCUT2D eigenvalue weighted by atomic mass is 35.5. The Labute approximate surface area is 168 Å². The SMILES string of the molecule is Cc1ccc(OCC(=O)n2nc(C)c(Sc3ccc(Cl)cc3)c2C)c(C)c1. The van der Waals surface area contributed by atoms with E-state index in [0.29, 0.717) is 10.8 Å². The summed E-state index contributed by atoms with van der Waals surface area (Å²) in [7, 11) is 0. The van der Waals surface area contributed by atoms with Crippen LogP contribution < -0.4 is 4.74 Å². The van der Waals surface area contributed by atoms with Crippen LogP contribution in [0.3, 0.4) is 0 Å². The number of aryl methyl sites for hydroxylation is 3. The first-order chi connectivity index (χ1) is 12.8. The normalized spacial score (nSPS) is 10.9. The van der Waals surface area contributed by atoms with Crippen LogP contribution in [-0.4, -0.2) is 22.3 Å². The number of hydrogen-bond acceptors (Lipinski definition) is 4. The van der Waals surface area contributed by atoms with Crippen molar-refractivity contribution in [3.63, 3.8) is 0 Å². The second-order valence-electron chi connectivity index (χ2n) is 6.42. The molecule has 0 amide bonds. The smallest absolute Gasteiger partial charge is 0.285 e. The fourth-order valence-electron chi connectivity index (χ4n) is 2.80. The summed E-state index contributed by atoms with van der Waals surface area (Å²) in [5, 5.41) is 5.11. The van der Waals surface area contributed by atoms with E-state index >= 15 is 0 Å². The van der Waals surface area contributed by atoms with Crippen LogP contribution in [0.4, 0.5) is 0 Å². The van der Waals surface area contributed by atoms with Gasteiger partial charge in [-0.2, -0.15) is 5.10 Å². The van der Waals surface area contributed by atoms with Gasteiger partial charge in [0.25, 0.3) is 5.91 Å². The molecule has 3 rings (SSSR count). The quantitative estimate of drug-likeness (QED) is 0.555. The van der Waals surface area contributed by atoms with E-state index in [2.05, 4.69) is 5.10 Å². The second-order valence-corrected chi connectivity index (χ2v) is 7.94. The summed E-state index contributed by atoms with van der Waals surface area (Å²) in [4.78, 5) is 14.6. The van der Waals surface area contributed by atoms with Crippen LogP contribution >= 0.6 is 23.4 Å². The molecule has 0 radical (unpaired) electrons. The van der Waals surface area contributed by atoms with Gasteiger partial charge in [0.2, 0.25) is 0 Å². The van der Waals surface area contributed by atoms with Gasteiger partial charge in [0.15, 0.2) is 6.61 Å². The number of rotatable bonds is 5. The standard InChI is InChI=1S/C21H21ClN2O2S/c1-13-5-10-19(14(2)11-13)26-12-20(25)24-16(4)21(15(3)23-24)27-18-8-6-17(22)7-9-18/h5-11H,12H2,1-4H3. The highest BCUT2D eigenvalue weighted by Crippen LogP contribution is 2.33. The molecule has 0 saturated heterocycles. The van der Waals surface area contributed by atoms with Gasteiger partial charge >= 0.3 is 0 Å². The molecule has 27 heavy (non-hydrogen) atoms. The Kier molecular flexibility index (Phi) is 5.92. The predicted octanol–water partition coefficient (Wildman–Crippen LogP) is 5.64. The third-order valence-electron chi connectivity index (χ3n) is 4.18. The van der Waals surface area contributed by atoms with E-state index in [-0.39, 0.29) is 12.5 Å². The summed E-state index contributed by atoms with van der Waals surface area (Å²) in [5.74, 6) is 0.518. The zero-order chi connectivity index (χ0) is 19.6. The summed E-state index contributed by atoms with van der Waals surface area (Å²) >= 11 is 7.51. The lowest BCUT2D eigenvalue weighted by Gasteiger charge is -2.10. The maximum Gasteiger partial charge on any atom is 0.285 e. The minimum Gasteiger partial charge on any atom is -0.483 e. The molecule has 0 aliphatic carbocycles. The number of benzene rings is 2. The van der Waals surface area contributed by atoms with Gasteiger partial charge in [-0.15, -0.1) is 0 Å². The number of ether oxygens (including phenoxy) is 1. The summed E-state index contributed by atoms with van der Waals surface area (Å²) in [6.07, 6.45) is 0. The van der Waals surface area contributed by atoms with E-state index in [1.165, 1.54) is 4.68 Å². The van der Waals surface area contributed by atoms with Crippen molar-refractivity contribution in [1.82, 2.24) is 9.78 Å². The number of halogens is 1. The van der Waals surface area contributed by atoms with Gasteiger partial charge in [0, 0.05) is 9.92 Å². The summed E-state index contributed by atoms with van der Waals surface area (Å²) in [5.41, 5.74) is 3.79. The molecule has 0 bridgehead atoms. The van der Waals surface area contributed by atoms with E-state index in [0.717, 1.165) is 32.3 Å². The maximum absolute atomic E-state index is 12.6. The van der Waals surface area contributed by atoms with Crippen molar-refractivity contribution in [2.45, 2.75) is 37.5 Å². The van der Waals surface area contributed by atoms with E-state index in [9.17, 15) is 4.79 Å². The van der Waals surface area contributed by atoms with Crippen LogP contribution in [0.15, 0.2) is 52.3 Å². The minimum absolute atomic E-state index is 0.0586. The van der Waals surface area contributed by atoms with Gasteiger partial charge in [-0.25, -0.2) is 4.68 Å². The average Bonchev–Trinajstić information content (AvgIpc) is 2.91. The van der Waals surface area contributed by atoms with E-state index in [4.69, 9.17) is 16.3 Å². The van der Waals surface area contributed by atoms with Crippen molar-refractivity contribution < 1.29 is 9.53 Å². The lowest BCUT2D eigenvalue weighted by atomic mass is 10.1. The highest BCUT2D eigenvalue weighted by molar-refractivity contribution is 7.99. The summed E-state index contributed by atoms with van der Waals surface area (Å²) in [6, 6.07) is 13.5. The lowest BCUT2D eigenvalue weighted by molar-refractivity contribution is 0.0817. The Hall–Kier alpha value is -2.24. The maximum atomic E-state index is 12.6. The van der Waals surface area contributed by atoms with Crippen LogP contribution in [0.1, 0.15) is 27.3 Å². The van der Waals surface area contributed by atoms with Crippen molar-refractivity contribution in [3.05, 3.63) is 70.0 Å². The molecule has 0 saturated carbocycles. The molecule has 3 aromatic rings. The number of nitrogens with zero attached hydrogens (tertiary/aromatic N) is 2. The topological polar surface area (TPSA) is 44.1 Å². The summed E-state index contributed by atoms with van der Waals surface area (Å²) in [6.45, 7) is 7.73. The highest BCUT2D eigenvalue weighted by Gasteiger charge is 2.18. The van der Waals surface area contributed by atoms with E-state index in [1.807, 2.05) is 70.2 Å². The number of carbonyl (C=O) groups is 1. The first-order valence-electron chi connectivity index (χ1n) is 8.58. The first-order valence-corrected chi connectivity index (χ1v) is 9.77. The Morgan fingerprint density at radius 1 is 1.11 bits per heavy atom. The number of carbonyl (C=O) groups excluding carboxylic acids is 1. The largest absolute Gasteiger partial charge is 0.483 e. The molecule has 4 nitrogen and oxygen atoms in total. The third-order valence-corrected chi connectivity index (χ3v) is 5.73. The monoisotopic (exact) mass is 400 g/mol. The van der Waals surface area contributed by atoms with Crippen molar-refractivity contribution in [1.29, 1.82) is 0 Å². The molecule has 140 valence electrons. The molecular formula is C21H21ClN2O2S. The zero-order valence-electron chi connectivity index (χ0n) is 15.7. The lowest BCUT2D eigenvalue weighted by Crippen LogP contribution is -2.22. The van der Waals surface area contributed by atoms with Gasteiger partial charge in [-0.1, -0.05) is 41.1 Å². The van der Waals surface area contributed by atoms with Crippen LogP contribution in [-0.2, 0) is 0 Å². The van der Waals surface area contributed by atoms with Crippen LogP contribution in [0.5, 0.6) is 5.75 Å². The zero-order valence-corrected chi connectivity index (χ0v) is 17.3. The van der Waals surface area contributed by atoms with E-state index in [1.54, 1.807) is 11.8 Å². The molecule has 0 unspecified atom stereocenters. The van der Waals surface area contributed by atoms with Gasteiger partial charge < -0.3 is 4.74 Å². The van der Waals surface area contributed by atoms with Crippen molar-refractivity contribution in [3.8, 4) is 5.75 Å². The van der Waals surface area contributed by atoms with Gasteiger partial charge in [0.05, 0.1) is 16.3 Å². The molecule has 0 fully saturated rings. The Morgan fingerprint density at radius 3 is 2.48 bits per heavy atom. The molecule has 0 spiro atoms. The molecule has 6 heteroatoms. The molecule has 1 heterocycles. The molecule has 0 aliphatic heterocycles. The predicted molar refractivity (Wildman–Crippen MR) is 109 cm³/mol. The van der Waals surface area contributed by atoms with Gasteiger partial charge in [0.1, 0.15) is 5.75 Å². The fraction of sp³-hybridized carbons (Fsp3) is 0.238. The Balaban J connectivity index is 1.74. The number of aromatic nitrogens is 2.